The van der Waals surface area contributed by atoms with E-state index in [4.69, 9.17) is 10.5 Å². The van der Waals surface area contributed by atoms with Crippen molar-refractivity contribution >= 4 is 10.8 Å². The molecular weight excluding hydrogens is 250 g/mol. The minimum absolute atomic E-state index is 0.322. The molecule has 0 aliphatic heterocycles. The Morgan fingerprint density at radius 2 is 1.85 bits per heavy atom. The zero-order valence-corrected chi connectivity index (χ0v) is 12.4. The quantitative estimate of drug-likeness (QED) is 0.879. The largest absolute Gasteiger partial charge is 0.496 e. The summed E-state index contributed by atoms with van der Waals surface area (Å²) in [6.45, 7) is 4.53. The molecule has 2 unspecified atom stereocenters. The molecule has 0 fully saturated rings. The Balaban J connectivity index is 2.61. The van der Waals surface area contributed by atoms with Crippen LogP contribution in [0.15, 0.2) is 36.4 Å². The van der Waals surface area contributed by atoms with Gasteiger partial charge in [-0.3, -0.25) is 0 Å². The maximum atomic E-state index is 10.8. The smallest absolute Gasteiger partial charge is 0.126 e. The van der Waals surface area contributed by atoms with E-state index in [9.17, 15) is 5.11 Å². The first-order valence-corrected chi connectivity index (χ1v) is 7.01. The summed E-state index contributed by atoms with van der Waals surface area (Å²) in [5.74, 6) is 0.822. The Hall–Kier alpha value is -1.58. The highest BCUT2D eigenvalue weighted by atomic mass is 16.5. The van der Waals surface area contributed by atoms with Crippen molar-refractivity contribution in [2.24, 2.45) is 11.1 Å². The first-order chi connectivity index (χ1) is 9.57. The molecule has 0 aliphatic rings. The third-order valence-electron chi connectivity index (χ3n) is 4.37. The van der Waals surface area contributed by atoms with Crippen molar-refractivity contribution in [1.29, 1.82) is 0 Å². The molecule has 0 aromatic heterocycles. The van der Waals surface area contributed by atoms with E-state index in [1.54, 1.807) is 7.11 Å². The predicted molar refractivity (Wildman–Crippen MR) is 82.9 cm³/mol. The van der Waals surface area contributed by atoms with Gasteiger partial charge in [0.1, 0.15) is 5.75 Å². The van der Waals surface area contributed by atoms with Crippen LogP contribution in [0.25, 0.3) is 10.8 Å². The Morgan fingerprint density at radius 1 is 1.20 bits per heavy atom. The van der Waals surface area contributed by atoms with Gasteiger partial charge in [0.15, 0.2) is 0 Å². The van der Waals surface area contributed by atoms with Crippen molar-refractivity contribution in [3.8, 4) is 5.75 Å². The molecule has 108 valence electrons. The van der Waals surface area contributed by atoms with E-state index in [0.29, 0.717) is 6.54 Å². The lowest BCUT2D eigenvalue weighted by atomic mass is 9.77. The third-order valence-corrected chi connectivity index (χ3v) is 4.37. The molecule has 2 atom stereocenters. The normalized spacial score (nSPS) is 15.8. The number of nitrogens with two attached hydrogens (primary N) is 1. The van der Waals surface area contributed by atoms with Crippen LogP contribution in [0, 0.1) is 5.41 Å². The SMILES string of the molecule is CCC(C)(CN)C(O)c1ccc(OC)c2ccccc12. The first-order valence-electron chi connectivity index (χ1n) is 7.01. The maximum absolute atomic E-state index is 10.8. The molecule has 3 nitrogen and oxygen atoms in total. The van der Waals surface area contributed by atoms with Crippen molar-refractivity contribution in [2.45, 2.75) is 26.4 Å². The van der Waals surface area contributed by atoms with Crippen LogP contribution in [0.1, 0.15) is 31.9 Å². The summed E-state index contributed by atoms with van der Waals surface area (Å²) >= 11 is 0. The molecule has 0 amide bonds. The molecule has 20 heavy (non-hydrogen) atoms. The van der Waals surface area contributed by atoms with E-state index in [0.717, 1.165) is 28.5 Å². The number of rotatable bonds is 5. The lowest BCUT2D eigenvalue weighted by Gasteiger charge is -2.33. The van der Waals surface area contributed by atoms with E-state index >= 15 is 0 Å². The van der Waals surface area contributed by atoms with Crippen LogP contribution in [0.3, 0.4) is 0 Å². The van der Waals surface area contributed by atoms with Crippen molar-refractivity contribution < 1.29 is 9.84 Å². The standard InChI is InChI=1S/C17H23NO2/c1-4-17(2,11-18)16(19)14-9-10-15(20-3)13-8-6-5-7-12(13)14/h5-10,16,19H,4,11,18H2,1-3H3. The van der Waals surface area contributed by atoms with Gasteiger partial charge < -0.3 is 15.6 Å². The molecule has 0 aliphatic carbocycles. The monoisotopic (exact) mass is 273 g/mol. The van der Waals surface area contributed by atoms with Crippen LogP contribution < -0.4 is 10.5 Å². The summed E-state index contributed by atoms with van der Waals surface area (Å²) in [7, 11) is 1.66. The molecule has 0 saturated carbocycles. The van der Waals surface area contributed by atoms with Gasteiger partial charge in [0, 0.05) is 17.3 Å². The highest BCUT2D eigenvalue weighted by Gasteiger charge is 2.32. The summed E-state index contributed by atoms with van der Waals surface area (Å²) in [4.78, 5) is 0. The van der Waals surface area contributed by atoms with Gasteiger partial charge in [-0.1, -0.05) is 44.2 Å². The molecule has 0 heterocycles. The average Bonchev–Trinajstić information content (AvgIpc) is 2.52. The van der Waals surface area contributed by atoms with Gasteiger partial charge in [0.05, 0.1) is 13.2 Å². The zero-order chi connectivity index (χ0) is 14.8. The molecule has 0 saturated heterocycles. The lowest BCUT2D eigenvalue weighted by Crippen LogP contribution is -2.33. The van der Waals surface area contributed by atoms with Crippen LogP contribution >= 0.6 is 0 Å². The van der Waals surface area contributed by atoms with Gasteiger partial charge in [0.2, 0.25) is 0 Å². The number of methoxy groups -OCH3 is 1. The number of hydrogen-bond donors (Lipinski definition) is 2. The van der Waals surface area contributed by atoms with Gasteiger partial charge in [-0.2, -0.15) is 0 Å². The molecule has 2 aromatic rings. The Morgan fingerprint density at radius 3 is 2.40 bits per heavy atom. The van der Waals surface area contributed by atoms with Crippen molar-refractivity contribution in [3.05, 3.63) is 42.0 Å². The van der Waals surface area contributed by atoms with Crippen LogP contribution in [-0.4, -0.2) is 18.8 Å². The number of aliphatic hydroxyl groups excluding tert-OH is 1. The second kappa shape index (κ2) is 5.81. The summed E-state index contributed by atoms with van der Waals surface area (Å²) < 4.78 is 5.39. The van der Waals surface area contributed by atoms with Crippen LogP contribution in [-0.2, 0) is 0 Å². The maximum Gasteiger partial charge on any atom is 0.126 e. The number of ether oxygens (including phenoxy) is 1. The molecule has 3 N–H and O–H groups in total. The minimum atomic E-state index is -0.590. The fourth-order valence-electron chi connectivity index (χ4n) is 2.54. The van der Waals surface area contributed by atoms with Crippen molar-refractivity contribution in [1.82, 2.24) is 0 Å². The second-order valence-electron chi connectivity index (χ2n) is 5.52. The van der Waals surface area contributed by atoms with E-state index in [-0.39, 0.29) is 5.41 Å². The van der Waals surface area contributed by atoms with Gasteiger partial charge in [-0.25, -0.2) is 0 Å². The fourth-order valence-corrected chi connectivity index (χ4v) is 2.54. The number of benzene rings is 2. The van der Waals surface area contributed by atoms with Gasteiger partial charge >= 0.3 is 0 Å². The molecular formula is C17H23NO2. The molecule has 2 rings (SSSR count). The molecule has 0 spiro atoms. The Labute approximate surface area is 120 Å². The topological polar surface area (TPSA) is 55.5 Å². The molecule has 0 radical (unpaired) electrons. The van der Waals surface area contributed by atoms with E-state index in [1.807, 2.05) is 43.3 Å². The van der Waals surface area contributed by atoms with Gasteiger partial charge in [-0.15, -0.1) is 0 Å². The van der Waals surface area contributed by atoms with Crippen molar-refractivity contribution in [3.63, 3.8) is 0 Å². The third kappa shape index (κ3) is 2.39. The highest BCUT2D eigenvalue weighted by molar-refractivity contribution is 5.91. The Kier molecular flexibility index (Phi) is 4.31. The second-order valence-corrected chi connectivity index (χ2v) is 5.52. The molecule has 3 heteroatoms. The Bertz CT molecular complexity index is 591. The van der Waals surface area contributed by atoms with Crippen LogP contribution in [0.5, 0.6) is 5.75 Å². The van der Waals surface area contributed by atoms with Gasteiger partial charge in [-0.05, 0) is 23.4 Å². The minimum Gasteiger partial charge on any atom is -0.496 e. The molecule has 2 aromatic carbocycles. The van der Waals surface area contributed by atoms with E-state index < -0.39 is 6.10 Å². The van der Waals surface area contributed by atoms with Crippen LogP contribution in [0.2, 0.25) is 0 Å². The highest BCUT2D eigenvalue weighted by Crippen LogP contribution is 2.40. The predicted octanol–water partition coefficient (Wildman–Crippen LogP) is 3.26. The lowest BCUT2D eigenvalue weighted by molar-refractivity contribution is 0.0403. The fraction of sp³-hybridized carbons (Fsp3) is 0.412. The molecule has 0 bridgehead atoms. The van der Waals surface area contributed by atoms with Crippen LogP contribution in [0.4, 0.5) is 0 Å². The first kappa shape index (κ1) is 14.8. The number of fused-ring (bicyclic) bond motifs is 1. The summed E-state index contributed by atoms with van der Waals surface area (Å²) in [5, 5.41) is 12.8. The summed E-state index contributed by atoms with van der Waals surface area (Å²) in [6.07, 6.45) is 0.235. The van der Waals surface area contributed by atoms with E-state index in [2.05, 4.69) is 6.92 Å². The van der Waals surface area contributed by atoms with Gasteiger partial charge in [0.25, 0.3) is 0 Å². The average molecular weight is 273 g/mol. The number of hydrogen-bond acceptors (Lipinski definition) is 3. The summed E-state index contributed by atoms with van der Waals surface area (Å²) in [6, 6.07) is 11.8. The number of aliphatic hydroxyl groups is 1. The zero-order valence-electron chi connectivity index (χ0n) is 12.4. The van der Waals surface area contributed by atoms with Crippen molar-refractivity contribution in [2.75, 3.05) is 13.7 Å². The summed E-state index contributed by atoms with van der Waals surface area (Å²) in [5.41, 5.74) is 6.46. The van der Waals surface area contributed by atoms with E-state index in [1.165, 1.54) is 0 Å².